The van der Waals surface area contributed by atoms with Crippen LogP contribution in [0.4, 0.5) is 39.8 Å². The van der Waals surface area contributed by atoms with E-state index in [4.69, 9.17) is 25.2 Å². The number of rotatable bonds is 17. The molecule has 0 aliphatic rings. The van der Waals surface area contributed by atoms with E-state index in [0.717, 1.165) is 108 Å². The van der Waals surface area contributed by atoms with Gasteiger partial charge in [0.1, 0.15) is 5.75 Å². The van der Waals surface area contributed by atoms with Crippen LogP contribution in [-0.2, 0) is 0 Å². The Morgan fingerprint density at radius 2 is 0.871 bits per heavy atom. The summed E-state index contributed by atoms with van der Waals surface area (Å²) in [7, 11) is 0. The summed E-state index contributed by atoms with van der Waals surface area (Å²) >= 11 is 0. The van der Waals surface area contributed by atoms with Gasteiger partial charge in [0.2, 0.25) is 0 Å². The molecule has 0 amide bonds. The summed E-state index contributed by atoms with van der Waals surface area (Å²) < 4.78 is 6.12. The number of unbranched alkanes of at least 4 members (excludes halogenated alkanes) is 1. The number of fused-ring (bicyclic) bond motifs is 3. The summed E-state index contributed by atoms with van der Waals surface area (Å²) in [4.78, 5) is 0. The van der Waals surface area contributed by atoms with Crippen molar-refractivity contribution in [3.63, 3.8) is 0 Å². The fourth-order valence-electron chi connectivity index (χ4n) is 7.65. The molecule has 0 saturated carbocycles. The Balaban J connectivity index is 0.975. The summed E-state index contributed by atoms with van der Waals surface area (Å²) in [5.74, 6) is 1.52. The van der Waals surface area contributed by atoms with Crippen molar-refractivity contribution in [2.45, 2.75) is 65.8 Å². The topological polar surface area (TPSA) is 95.4 Å². The maximum Gasteiger partial charge on any atom is 0.119 e. The number of hydrogen-bond donors (Lipinski definition) is 1. The van der Waals surface area contributed by atoms with Crippen molar-refractivity contribution in [2.75, 3.05) is 11.9 Å². The molecule has 0 radical (unpaired) electrons. The molecule has 8 aromatic carbocycles. The molecule has 2 unspecified atom stereocenters. The molecule has 8 aromatic rings. The van der Waals surface area contributed by atoms with Gasteiger partial charge in [-0.15, -0.1) is 25.6 Å². The van der Waals surface area contributed by atoms with Gasteiger partial charge in [0.25, 0.3) is 0 Å². The highest BCUT2D eigenvalue weighted by Crippen LogP contribution is 2.39. The lowest BCUT2D eigenvalue weighted by Gasteiger charge is -2.15. The molecule has 0 aliphatic heterocycles. The van der Waals surface area contributed by atoms with E-state index < -0.39 is 0 Å². The first-order chi connectivity index (χ1) is 30.5. The van der Waals surface area contributed by atoms with Gasteiger partial charge in [0.05, 0.1) is 40.7 Å². The van der Waals surface area contributed by atoms with Crippen molar-refractivity contribution in [1.29, 1.82) is 0 Å². The zero-order valence-corrected chi connectivity index (χ0v) is 36.0. The predicted octanol–water partition coefficient (Wildman–Crippen LogP) is 17.9. The number of anilines is 1. The van der Waals surface area contributed by atoms with Crippen LogP contribution in [0.15, 0.2) is 188 Å². The largest absolute Gasteiger partial charge is 0.493 e. The first-order valence-electron chi connectivity index (χ1n) is 21.9. The van der Waals surface area contributed by atoms with E-state index in [1.807, 2.05) is 97.1 Å². The molecule has 8 nitrogen and oxygen atoms in total. The molecular formula is C54H53N7O. The average Bonchev–Trinajstić information content (AvgIpc) is 3.33. The molecule has 8 rings (SSSR count). The second kappa shape index (κ2) is 20.0. The van der Waals surface area contributed by atoms with E-state index in [0.29, 0.717) is 12.0 Å². The molecule has 0 heterocycles. The quantitative estimate of drug-likeness (QED) is 0.0927. The Labute approximate surface area is 364 Å². The van der Waals surface area contributed by atoms with Crippen molar-refractivity contribution >= 4 is 72.1 Å². The third-order valence-electron chi connectivity index (χ3n) is 11.6. The highest BCUT2D eigenvalue weighted by Gasteiger charge is 2.11. The summed E-state index contributed by atoms with van der Waals surface area (Å²) in [5, 5.41) is 37.9. The van der Waals surface area contributed by atoms with E-state index >= 15 is 0 Å². The van der Waals surface area contributed by atoms with Gasteiger partial charge in [0.15, 0.2) is 0 Å². The third-order valence-corrected chi connectivity index (χ3v) is 11.6. The van der Waals surface area contributed by atoms with Crippen molar-refractivity contribution in [1.82, 2.24) is 0 Å². The first-order valence-corrected chi connectivity index (χ1v) is 21.9. The van der Waals surface area contributed by atoms with Crippen LogP contribution in [0.25, 0.3) is 43.4 Å². The zero-order chi connectivity index (χ0) is 42.7. The minimum absolute atomic E-state index is 0.368. The molecule has 0 bridgehead atoms. The maximum absolute atomic E-state index is 6.12. The van der Waals surface area contributed by atoms with E-state index in [1.54, 1.807) is 0 Å². The van der Waals surface area contributed by atoms with Crippen molar-refractivity contribution in [3.8, 4) is 16.9 Å². The van der Waals surface area contributed by atoms with Gasteiger partial charge < -0.3 is 10.1 Å². The summed E-state index contributed by atoms with van der Waals surface area (Å²) in [5.41, 5.74) is 7.94. The second-order valence-electron chi connectivity index (χ2n) is 15.8. The fraction of sp³-hybridized carbons (Fsp3) is 0.222. The molecule has 8 heteroatoms. The molecule has 2 atom stereocenters. The van der Waals surface area contributed by atoms with Crippen LogP contribution in [0.2, 0.25) is 0 Å². The van der Waals surface area contributed by atoms with Gasteiger partial charge in [0, 0.05) is 44.0 Å². The van der Waals surface area contributed by atoms with Gasteiger partial charge in [-0.1, -0.05) is 137 Å². The minimum atomic E-state index is 0.368. The predicted molar refractivity (Wildman–Crippen MR) is 258 cm³/mol. The van der Waals surface area contributed by atoms with Gasteiger partial charge >= 0.3 is 0 Å². The van der Waals surface area contributed by atoms with Crippen LogP contribution < -0.4 is 10.1 Å². The van der Waals surface area contributed by atoms with Crippen molar-refractivity contribution in [2.24, 2.45) is 36.6 Å². The summed E-state index contributed by atoms with van der Waals surface area (Å²) in [6.45, 7) is 9.63. The van der Waals surface area contributed by atoms with Gasteiger partial charge in [-0.25, -0.2) is 0 Å². The summed E-state index contributed by atoms with van der Waals surface area (Å²) in [6, 6.07) is 53.3. The molecule has 0 fully saturated rings. The minimum Gasteiger partial charge on any atom is -0.493 e. The maximum atomic E-state index is 6.12. The number of nitrogens with one attached hydrogen (secondary N) is 1. The average molecular weight is 816 g/mol. The Morgan fingerprint density at radius 1 is 0.452 bits per heavy atom. The lowest BCUT2D eigenvalue weighted by Crippen LogP contribution is -2.13. The second-order valence-corrected chi connectivity index (χ2v) is 15.8. The van der Waals surface area contributed by atoms with Gasteiger partial charge in [-0.3, -0.25) is 0 Å². The highest BCUT2D eigenvalue weighted by atomic mass is 16.5. The van der Waals surface area contributed by atoms with Crippen LogP contribution in [0, 0.1) is 5.92 Å². The van der Waals surface area contributed by atoms with E-state index in [1.165, 1.54) is 19.3 Å². The normalized spacial score (nSPS) is 12.9. The number of hydrogen-bond acceptors (Lipinski definition) is 8. The van der Waals surface area contributed by atoms with Crippen LogP contribution in [0.5, 0.6) is 5.75 Å². The Bertz CT molecular complexity index is 2870. The van der Waals surface area contributed by atoms with E-state index in [9.17, 15) is 0 Å². The van der Waals surface area contributed by atoms with Crippen molar-refractivity contribution < 1.29 is 4.74 Å². The SMILES string of the molecule is CCCCC(CC)COc1ccc(-c2ccc(N=Nc3ccc(N=Nc4ccc(N=Nc5ccc(NC(C)CC)c6ccccc56)c5ccccc45)c4ccccc34)cc2)cc1. The number of azo groups is 3. The lowest BCUT2D eigenvalue weighted by molar-refractivity contribution is 0.233. The molecule has 1 N–H and O–H groups in total. The van der Waals surface area contributed by atoms with Gasteiger partial charge in [-0.2, -0.15) is 5.11 Å². The third kappa shape index (κ3) is 9.76. The number of ether oxygens (including phenoxy) is 1. The molecule has 0 aromatic heterocycles. The van der Waals surface area contributed by atoms with Crippen LogP contribution in [-0.4, -0.2) is 12.6 Å². The molecule has 310 valence electrons. The van der Waals surface area contributed by atoms with E-state index in [-0.39, 0.29) is 0 Å². The first kappa shape index (κ1) is 41.7. The fourth-order valence-corrected chi connectivity index (χ4v) is 7.65. The standard InChI is InChI=1S/C54H53N7O/c1-5-8-15-38(7-3)36-62-42-28-24-40(25-29-42)39-22-26-41(27-23-39)56-57-50-32-33-52(46-19-12-11-18-45(46)50)60-61-54-35-34-53(47-20-13-14-21-48(47)54)59-58-51-31-30-49(55-37(4)6-2)43-16-9-10-17-44(43)51/h9-14,16-35,37-38,55H,5-8,15,36H2,1-4H3. The molecule has 0 aliphatic carbocycles. The smallest absolute Gasteiger partial charge is 0.119 e. The van der Waals surface area contributed by atoms with E-state index in [2.05, 4.69) is 104 Å². The number of nitrogens with zero attached hydrogens (tertiary/aromatic N) is 6. The van der Waals surface area contributed by atoms with Crippen LogP contribution in [0.3, 0.4) is 0 Å². The monoisotopic (exact) mass is 815 g/mol. The Kier molecular flexibility index (Phi) is 13.4. The molecule has 62 heavy (non-hydrogen) atoms. The summed E-state index contributed by atoms with van der Waals surface area (Å²) in [6.07, 6.45) is 5.88. The van der Waals surface area contributed by atoms with Gasteiger partial charge in [-0.05, 0) is 97.5 Å². The Morgan fingerprint density at radius 3 is 1.32 bits per heavy atom. The number of benzene rings is 8. The van der Waals surface area contributed by atoms with Crippen LogP contribution >= 0.6 is 0 Å². The lowest BCUT2D eigenvalue weighted by atomic mass is 10.0. The molecule has 0 spiro atoms. The molecule has 0 saturated heterocycles. The van der Waals surface area contributed by atoms with Crippen molar-refractivity contribution in [3.05, 3.63) is 158 Å². The highest BCUT2D eigenvalue weighted by molar-refractivity contribution is 6.02. The Hall–Kier alpha value is -7.06. The van der Waals surface area contributed by atoms with Crippen LogP contribution in [0.1, 0.15) is 59.8 Å². The zero-order valence-electron chi connectivity index (χ0n) is 36.0. The molecular weight excluding hydrogens is 763 g/mol.